The van der Waals surface area contributed by atoms with Gasteiger partial charge in [0, 0.05) is 55.0 Å². The van der Waals surface area contributed by atoms with Gasteiger partial charge in [-0.05, 0) is 56.9 Å². The number of fused-ring (bicyclic) bond motifs is 1. The van der Waals surface area contributed by atoms with E-state index in [1.807, 2.05) is 18.2 Å². The zero-order valence-corrected chi connectivity index (χ0v) is 20.4. The summed E-state index contributed by atoms with van der Waals surface area (Å²) >= 11 is 0. The summed E-state index contributed by atoms with van der Waals surface area (Å²) in [5.74, 6) is 0.520. The number of piperazine rings is 1. The number of aldehydes is 1. The highest BCUT2D eigenvalue weighted by molar-refractivity contribution is 5.87. The van der Waals surface area contributed by atoms with Crippen LogP contribution in [-0.4, -0.2) is 57.9 Å². The van der Waals surface area contributed by atoms with Crippen LogP contribution in [0.5, 0.6) is 0 Å². The number of nitrogens with zero attached hydrogens (tertiary/aromatic N) is 5. The predicted octanol–water partition coefficient (Wildman–Crippen LogP) is 4.80. The van der Waals surface area contributed by atoms with Crippen LogP contribution in [0.25, 0.3) is 11.0 Å². The molecule has 1 saturated heterocycles. The molecule has 0 bridgehead atoms. The Kier molecular flexibility index (Phi) is 5.80. The van der Waals surface area contributed by atoms with Gasteiger partial charge in [-0.3, -0.25) is 9.69 Å². The molecule has 0 amide bonds. The van der Waals surface area contributed by atoms with Crippen LogP contribution >= 0.6 is 0 Å². The van der Waals surface area contributed by atoms with E-state index in [1.54, 1.807) is 6.20 Å². The topological polar surface area (TPSA) is 66.3 Å². The van der Waals surface area contributed by atoms with Gasteiger partial charge in [0.2, 0.25) is 5.95 Å². The number of hydrogen-bond acceptors (Lipinski definition) is 6. The summed E-state index contributed by atoms with van der Waals surface area (Å²) in [7, 11) is 0. The Balaban J connectivity index is 1.38. The first kappa shape index (κ1) is 22.8. The monoisotopic (exact) mass is 464 g/mol. The lowest BCUT2D eigenvalue weighted by Gasteiger charge is -2.38. The van der Waals surface area contributed by atoms with Gasteiger partial charge in [-0.15, -0.1) is 0 Å². The normalized spacial score (nSPS) is 18.1. The molecule has 0 atom stereocenters. The van der Waals surface area contributed by atoms with Crippen molar-refractivity contribution in [3.8, 4) is 0 Å². The molecule has 0 spiro atoms. The Morgan fingerprint density at radius 1 is 1.09 bits per heavy atom. The molecule has 0 unspecified atom stereocenters. The largest absolute Gasteiger partial charge is 0.367 e. The van der Waals surface area contributed by atoms with Crippen LogP contribution in [0.1, 0.15) is 51.0 Å². The van der Waals surface area contributed by atoms with Gasteiger partial charge in [0.05, 0.1) is 11.4 Å². The minimum absolute atomic E-state index is 0.0725. The highest BCUT2D eigenvalue weighted by Crippen LogP contribution is 2.51. The molecule has 5 rings (SSSR count). The molecular formula is C26H33FN6O. The Labute approximate surface area is 200 Å². The molecule has 1 saturated carbocycles. The van der Waals surface area contributed by atoms with Gasteiger partial charge in [-0.1, -0.05) is 13.8 Å². The Morgan fingerprint density at radius 3 is 2.41 bits per heavy atom. The Bertz CT molecular complexity index is 1210. The summed E-state index contributed by atoms with van der Waals surface area (Å²) in [5, 5.41) is 3.99. The van der Waals surface area contributed by atoms with Crippen LogP contribution in [0.3, 0.4) is 0 Å². The number of halogens is 1. The molecular weight excluding hydrogens is 431 g/mol. The third kappa shape index (κ3) is 3.94. The smallest absolute Gasteiger partial charge is 0.229 e. The first-order valence-electron chi connectivity index (χ1n) is 12.2. The summed E-state index contributed by atoms with van der Waals surface area (Å²) < 4.78 is 17.1. The van der Waals surface area contributed by atoms with E-state index >= 15 is 4.39 Å². The average Bonchev–Trinajstić information content (AvgIpc) is 3.54. The maximum Gasteiger partial charge on any atom is 0.229 e. The van der Waals surface area contributed by atoms with E-state index in [9.17, 15) is 4.79 Å². The molecule has 2 aliphatic rings. The molecule has 8 heteroatoms. The standard InChI is InChI=1S/C26H33FN6O/c1-17(2)26(7-8-26)33-21(16-34)13-19-15-28-25(30-24(19)33)29-20-5-6-23(22(27)14-20)32-11-9-31(10-12-32)18(3)4/h5-6,13-18H,7-12H2,1-4H3,(H,28,29,30). The summed E-state index contributed by atoms with van der Waals surface area (Å²) in [4.78, 5) is 25.5. The van der Waals surface area contributed by atoms with E-state index in [-0.39, 0.29) is 11.4 Å². The first-order chi connectivity index (χ1) is 16.3. The summed E-state index contributed by atoms with van der Waals surface area (Å²) in [6, 6.07) is 7.56. The molecule has 3 aromatic rings. The lowest BCUT2D eigenvalue weighted by molar-refractivity contribution is 0.111. The second-order valence-electron chi connectivity index (χ2n) is 10.2. The molecule has 1 aliphatic carbocycles. The molecule has 1 aliphatic heterocycles. The van der Waals surface area contributed by atoms with Crippen LogP contribution in [0.2, 0.25) is 0 Å². The van der Waals surface area contributed by atoms with Gasteiger partial charge in [0.25, 0.3) is 0 Å². The molecule has 2 fully saturated rings. The molecule has 180 valence electrons. The minimum Gasteiger partial charge on any atom is -0.367 e. The van der Waals surface area contributed by atoms with Crippen molar-refractivity contribution >= 4 is 34.6 Å². The lowest BCUT2D eigenvalue weighted by atomic mass is 10.0. The fourth-order valence-corrected chi connectivity index (χ4v) is 5.26. The molecule has 1 aromatic carbocycles. The number of carbonyl (C=O) groups excluding carboxylic acids is 1. The minimum atomic E-state index is -0.257. The quantitative estimate of drug-likeness (QED) is 0.507. The van der Waals surface area contributed by atoms with Crippen molar-refractivity contribution < 1.29 is 9.18 Å². The van der Waals surface area contributed by atoms with E-state index in [2.05, 4.69) is 52.4 Å². The fourth-order valence-electron chi connectivity index (χ4n) is 5.26. The maximum atomic E-state index is 15.0. The van der Waals surface area contributed by atoms with Gasteiger partial charge in [-0.2, -0.15) is 4.98 Å². The molecule has 2 aromatic heterocycles. The molecule has 7 nitrogen and oxygen atoms in total. The van der Waals surface area contributed by atoms with Gasteiger partial charge < -0.3 is 14.8 Å². The molecule has 0 radical (unpaired) electrons. The van der Waals surface area contributed by atoms with Gasteiger partial charge in [-0.25, -0.2) is 9.37 Å². The van der Waals surface area contributed by atoms with E-state index in [4.69, 9.17) is 4.98 Å². The number of rotatable bonds is 7. The predicted molar refractivity (Wildman–Crippen MR) is 134 cm³/mol. The molecule has 3 heterocycles. The zero-order valence-electron chi connectivity index (χ0n) is 20.4. The van der Waals surface area contributed by atoms with Crippen LogP contribution in [0.15, 0.2) is 30.5 Å². The summed E-state index contributed by atoms with van der Waals surface area (Å²) in [6.45, 7) is 12.3. The zero-order chi connectivity index (χ0) is 24.0. The second-order valence-corrected chi connectivity index (χ2v) is 10.2. The second kappa shape index (κ2) is 8.65. The van der Waals surface area contributed by atoms with Crippen LogP contribution < -0.4 is 10.2 Å². The van der Waals surface area contributed by atoms with E-state index < -0.39 is 0 Å². The first-order valence-corrected chi connectivity index (χ1v) is 12.2. The van der Waals surface area contributed by atoms with Gasteiger partial charge in [0.15, 0.2) is 6.29 Å². The lowest BCUT2D eigenvalue weighted by Crippen LogP contribution is -2.49. The van der Waals surface area contributed by atoms with Crippen molar-refractivity contribution in [2.24, 2.45) is 5.92 Å². The maximum absolute atomic E-state index is 15.0. The summed E-state index contributed by atoms with van der Waals surface area (Å²) in [5.41, 5.74) is 2.52. The molecule has 1 N–H and O–H groups in total. The highest BCUT2D eigenvalue weighted by Gasteiger charge is 2.49. The number of carbonyl (C=O) groups is 1. The third-order valence-electron chi connectivity index (χ3n) is 7.56. The van der Waals surface area contributed by atoms with E-state index in [0.29, 0.717) is 35.0 Å². The van der Waals surface area contributed by atoms with Crippen molar-refractivity contribution in [1.82, 2.24) is 19.4 Å². The van der Waals surface area contributed by atoms with E-state index in [1.165, 1.54) is 6.07 Å². The van der Waals surface area contributed by atoms with E-state index in [0.717, 1.165) is 56.3 Å². The van der Waals surface area contributed by atoms with Crippen LogP contribution in [0.4, 0.5) is 21.7 Å². The number of aromatic nitrogens is 3. The van der Waals surface area contributed by atoms with Gasteiger partial charge >= 0.3 is 0 Å². The van der Waals surface area contributed by atoms with Gasteiger partial charge in [0.1, 0.15) is 11.5 Å². The number of hydrogen-bond donors (Lipinski definition) is 1. The fraction of sp³-hybridized carbons (Fsp3) is 0.500. The number of anilines is 3. The summed E-state index contributed by atoms with van der Waals surface area (Å²) in [6.07, 6.45) is 4.68. The van der Waals surface area contributed by atoms with Crippen molar-refractivity contribution in [3.63, 3.8) is 0 Å². The number of nitrogens with one attached hydrogen (secondary N) is 1. The van der Waals surface area contributed by atoms with Crippen molar-refractivity contribution in [1.29, 1.82) is 0 Å². The number of benzene rings is 1. The van der Waals surface area contributed by atoms with Crippen LogP contribution in [-0.2, 0) is 5.54 Å². The van der Waals surface area contributed by atoms with Crippen molar-refractivity contribution in [3.05, 3.63) is 42.0 Å². The molecule has 34 heavy (non-hydrogen) atoms. The van der Waals surface area contributed by atoms with Crippen LogP contribution in [0, 0.1) is 11.7 Å². The van der Waals surface area contributed by atoms with Crippen molar-refractivity contribution in [2.75, 3.05) is 36.4 Å². The Hall–Kier alpha value is -3.00. The third-order valence-corrected chi connectivity index (χ3v) is 7.56. The highest BCUT2D eigenvalue weighted by atomic mass is 19.1. The Morgan fingerprint density at radius 2 is 1.82 bits per heavy atom. The van der Waals surface area contributed by atoms with Crippen molar-refractivity contribution in [2.45, 2.75) is 52.1 Å². The average molecular weight is 465 g/mol. The SMILES string of the molecule is CC(C)N1CCN(c2ccc(Nc3ncc4cc(C=O)n(C5(C(C)C)CC5)c4n3)cc2F)CC1.